The van der Waals surface area contributed by atoms with Gasteiger partial charge in [-0.05, 0) is 17.2 Å². The number of amides is 2. The van der Waals surface area contributed by atoms with Gasteiger partial charge in [-0.25, -0.2) is 0 Å². The fourth-order valence-electron chi connectivity index (χ4n) is 4.00. The summed E-state index contributed by atoms with van der Waals surface area (Å²) in [4.78, 5) is 27.9. The quantitative estimate of drug-likeness (QED) is 0.500. The van der Waals surface area contributed by atoms with Crippen molar-refractivity contribution in [2.24, 2.45) is 0 Å². The standard InChI is InChI=1S/C26H21N3O3/c30-25(27-16-18-9-3-1-4-10-18)24-21-13-7-8-14-22(21)26(31)29(24)17-20-15-23(28-32-20)19-11-5-2-6-12-19/h1-15,24H,16-17H2,(H,27,30). The molecular weight excluding hydrogens is 402 g/mol. The van der Waals surface area contributed by atoms with Crippen LogP contribution in [0.15, 0.2) is 95.5 Å². The highest BCUT2D eigenvalue weighted by Gasteiger charge is 2.41. The largest absolute Gasteiger partial charge is 0.359 e. The maximum absolute atomic E-state index is 13.2. The lowest BCUT2D eigenvalue weighted by Crippen LogP contribution is -2.38. The van der Waals surface area contributed by atoms with E-state index in [-0.39, 0.29) is 18.4 Å². The molecule has 0 bridgehead atoms. The molecule has 6 nitrogen and oxygen atoms in total. The second kappa shape index (κ2) is 8.51. The first-order valence-electron chi connectivity index (χ1n) is 10.4. The van der Waals surface area contributed by atoms with E-state index in [4.69, 9.17) is 4.52 Å². The fraction of sp³-hybridized carbons (Fsp3) is 0.115. The summed E-state index contributed by atoms with van der Waals surface area (Å²) in [6.07, 6.45) is 0. The Morgan fingerprint density at radius 3 is 2.41 bits per heavy atom. The van der Waals surface area contributed by atoms with Gasteiger partial charge in [-0.2, -0.15) is 0 Å². The Balaban J connectivity index is 1.39. The normalized spacial score (nSPS) is 14.9. The molecular formula is C26H21N3O3. The molecule has 158 valence electrons. The second-order valence-corrected chi connectivity index (χ2v) is 7.67. The van der Waals surface area contributed by atoms with Gasteiger partial charge in [0.2, 0.25) is 5.91 Å². The fourth-order valence-corrected chi connectivity index (χ4v) is 4.00. The van der Waals surface area contributed by atoms with Crippen molar-refractivity contribution in [1.82, 2.24) is 15.4 Å². The van der Waals surface area contributed by atoms with Crippen molar-refractivity contribution < 1.29 is 14.1 Å². The minimum Gasteiger partial charge on any atom is -0.359 e. The average molecular weight is 423 g/mol. The van der Waals surface area contributed by atoms with Crippen LogP contribution >= 0.6 is 0 Å². The van der Waals surface area contributed by atoms with Crippen LogP contribution in [0.3, 0.4) is 0 Å². The predicted molar refractivity (Wildman–Crippen MR) is 119 cm³/mol. The van der Waals surface area contributed by atoms with Crippen molar-refractivity contribution >= 4 is 11.8 Å². The second-order valence-electron chi connectivity index (χ2n) is 7.67. The Morgan fingerprint density at radius 2 is 1.62 bits per heavy atom. The van der Waals surface area contributed by atoms with Crippen LogP contribution in [0.25, 0.3) is 11.3 Å². The SMILES string of the molecule is O=C(NCc1ccccc1)C1c2ccccc2C(=O)N1Cc1cc(-c2ccccc2)no1. The molecule has 0 aliphatic carbocycles. The van der Waals surface area contributed by atoms with Crippen LogP contribution in [-0.2, 0) is 17.9 Å². The van der Waals surface area contributed by atoms with E-state index in [1.54, 1.807) is 17.0 Å². The van der Waals surface area contributed by atoms with E-state index in [9.17, 15) is 9.59 Å². The number of aromatic nitrogens is 1. The Bertz CT molecular complexity index is 1250. The Kier molecular flexibility index (Phi) is 5.25. The molecule has 2 amide bonds. The first kappa shape index (κ1) is 19.8. The molecule has 0 radical (unpaired) electrons. The topological polar surface area (TPSA) is 75.4 Å². The molecule has 1 atom stereocenters. The van der Waals surface area contributed by atoms with Gasteiger partial charge in [0.15, 0.2) is 5.76 Å². The smallest absolute Gasteiger partial charge is 0.255 e. The van der Waals surface area contributed by atoms with E-state index in [0.29, 0.717) is 29.1 Å². The molecule has 1 aliphatic heterocycles. The third-order valence-electron chi connectivity index (χ3n) is 5.57. The van der Waals surface area contributed by atoms with Crippen LogP contribution in [0.2, 0.25) is 0 Å². The number of carbonyl (C=O) groups excluding carboxylic acids is 2. The zero-order valence-corrected chi connectivity index (χ0v) is 17.3. The Morgan fingerprint density at radius 1 is 0.938 bits per heavy atom. The molecule has 2 heterocycles. The molecule has 6 heteroatoms. The summed E-state index contributed by atoms with van der Waals surface area (Å²) in [5.74, 6) is 0.0962. The minimum absolute atomic E-state index is 0.150. The third kappa shape index (κ3) is 3.78. The number of rotatable bonds is 6. The molecule has 0 saturated carbocycles. The first-order chi connectivity index (χ1) is 15.7. The van der Waals surface area contributed by atoms with Crippen molar-refractivity contribution in [2.75, 3.05) is 0 Å². The molecule has 1 N–H and O–H groups in total. The van der Waals surface area contributed by atoms with Crippen molar-refractivity contribution in [3.63, 3.8) is 0 Å². The maximum Gasteiger partial charge on any atom is 0.255 e. The van der Waals surface area contributed by atoms with Crippen molar-refractivity contribution in [3.05, 3.63) is 113 Å². The minimum atomic E-state index is -0.729. The van der Waals surface area contributed by atoms with Gasteiger partial charge in [-0.15, -0.1) is 0 Å². The van der Waals surface area contributed by atoms with Gasteiger partial charge in [0.25, 0.3) is 5.91 Å². The van der Waals surface area contributed by atoms with E-state index in [2.05, 4.69) is 10.5 Å². The van der Waals surface area contributed by atoms with E-state index < -0.39 is 6.04 Å². The van der Waals surface area contributed by atoms with E-state index in [1.165, 1.54) is 0 Å². The van der Waals surface area contributed by atoms with Gasteiger partial charge in [0, 0.05) is 23.7 Å². The van der Waals surface area contributed by atoms with Crippen LogP contribution in [-0.4, -0.2) is 21.9 Å². The molecule has 32 heavy (non-hydrogen) atoms. The van der Waals surface area contributed by atoms with Crippen LogP contribution in [0.1, 0.15) is 33.3 Å². The zero-order valence-electron chi connectivity index (χ0n) is 17.3. The van der Waals surface area contributed by atoms with Gasteiger partial charge >= 0.3 is 0 Å². The molecule has 4 aromatic rings. The highest BCUT2D eigenvalue weighted by atomic mass is 16.5. The van der Waals surface area contributed by atoms with Gasteiger partial charge in [0.05, 0.1) is 6.54 Å². The molecule has 1 unspecified atom stereocenters. The molecule has 0 saturated heterocycles. The first-order valence-corrected chi connectivity index (χ1v) is 10.4. The summed E-state index contributed by atoms with van der Waals surface area (Å²) in [5, 5.41) is 7.11. The monoisotopic (exact) mass is 423 g/mol. The van der Waals surface area contributed by atoms with Crippen LogP contribution in [0.4, 0.5) is 0 Å². The molecule has 5 rings (SSSR count). The van der Waals surface area contributed by atoms with Crippen LogP contribution in [0, 0.1) is 0 Å². The summed E-state index contributed by atoms with van der Waals surface area (Å²) in [5.41, 5.74) is 3.85. The van der Waals surface area contributed by atoms with Crippen molar-refractivity contribution in [1.29, 1.82) is 0 Å². The summed E-state index contributed by atoms with van der Waals surface area (Å²) < 4.78 is 5.51. The Labute approximate surface area is 185 Å². The van der Waals surface area contributed by atoms with Gasteiger partial charge in [0.1, 0.15) is 11.7 Å². The highest BCUT2D eigenvalue weighted by molar-refractivity contribution is 6.04. The van der Waals surface area contributed by atoms with Crippen molar-refractivity contribution in [2.45, 2.75) is 19.1 Å². The number of benzene rings is 3. The summed E-state index contributed by atoms with van der Waals surface area (Å²) >= 11 is 0. The molecule has 3 aromatic carbocycles. The van der Waals surface area contributed by atoms with Crippen LogP contribution in [0.5, 0.6) is 0 Å². The number of carbonyl (C=O) groups is 2. The number of nitrogens with one attached hydrogen (secondary N) is 1. The molecule has 1 aromatic heterocycles. The van der Waals surface area contributed by atoms with Gasteiger partial charge in [-0.1, -0.05) is 84.0 Å². The average Bonchev–Trinajstić information content (AvgIpc) is 3.42. The summed E-state index contributed by atoms with van der Waals surface area (Å²) in [7, 11) is 0. The molecule has 0 fully saturated rings. The number of fused-ring (bicyclic) bond motifs is 1. The number of hydrogen-bond donors (Lipinski definition) is 1. The number of nitrogens with zero attached hydrogens (tertiary/aromatic N) is 2. The van der Waals surface area contributed by atoms with E-state index >= 15 is 0 Å². The Hall–Kier alpha value is -4.19. The summed E-state index contributed by atoms with van der Waals surface area (Å²) in [6, 6.07) is 27.7. The lowest BCUT2D eigenvalue weighted by molar-refractivity contribution is -0.126. The zero-order chi connectivity index (χ0) is 21.9. The maximum atomic E-state index is 13.2. The van der Waals surface area contributed by atoms with E-state index in [0.717, 1.165) is 11.1 Å². The number of hydrogen-bond acceptors (Lipinski definition) is 4. The predicted octanol–water partition coefficient (Wildman–Crippen LogP) is 4.36. The third-order valence-corrected chi connectivity index (χ3v) is 5.57. The summed E-state index contributed by atoms with van der Waals surface area (Å²) in [6.45, 7) is 0.539. The van der Waals surface area contributed by atoms with Crippen LogP contribution < -0.4 is 5.32 Å². The van der Waals surface area contributed by atoms with E-state index in [1.807, 2.05) is 78.9 Å². The molecule has 1 aliphatic rings. The molecule has 0 spiro atoms. The van der Waals surface area contributed by atoms with Crippen molar-refractivity contribution in [3.8, 4) is 11.3 Å². The lowest BCUT2D eigenvalue weighted by atomic mass is 10.0. The van der Waals surface area contributed by atoms with Gasteiger partial charge < -0.3 is 14.7 Å². The van der Waals surface area contributed by atoms with Gasteiger partial charge in [-0.3, -0.25) is 9.59 Å². The highest BCUT2D eigenvalue weighted by Crippen LogP contribution is 2.35. The lowest BCUT2D eigenvalue weighted by Gasteiger charge is -2.23.